The van der Waals surface area contributed by atoms with Gasteiger partial charge in [0.05, 0.1) is 10.2 Å². The van der Waals surface area contributed by atoms with E-state index in [0.717, 1.165) is 27.6 Å². The first-order chi connectivity index (χ1) is 26.7. The molecule has 254 valence electrons. The van der Waals surface area contributed by atoms with Crippen molar-refractivity contribution < 1.29 is 0 Å². The summed E-state index contributed by atoms with van der Waals surface area (Å²) in [4.78, 5) is 7.38. The summed E-state index contributed by atoms with van der Waals surface area (Å²) in [5, 5.41) is 6.27. The van der Waals surface area contributed by atoms with Gasteiger partial charge < -0.3 is 4.90 Å². The monoisotopic (exact) mass is 742 g/mol. The Balaban J connectivity index is 0.964. The Morgan fingerprint density at radius 2 is 0.852 bits per heavy atom. The molecule has 0 aliphatic carbocycles. The van der Waals surface area contributed by atoms with Crippen molar-refractivity contribution in [2.45, 2.75) is 0 Å². The van der Waals surface area contributed by atoms with E-state index in [9.17, 15) is 0 Å². The van der Waals surface area contributed by atoms with Crippen molar-refractivity contribution in [3.8, 4) is 32.8 Å². The summed E-state index contributed by atoms with van der Waals surface area (Å²) in [6, 6.07) is 66.2. The molecule has 0 saturated carbocycles. The smallest absolute Gasteiger partial charge is 0.124 e. The van der Waals surface area contributed by atoms with Crippen molar-refractivity contribution in [2.24, 2.45) is 0 Å². The highest BCUT2D eigenvalue weighted by molar-refractivity contribution is 7.26. The number of fused-ring (bicyclic) bond motifs is 7. The van der Waals surface area contributed by atoms with Gasteiger partial charge in [-0.15, -0.1) is 34.0 Å². The van der Waals surface area contributed by atoms with Crippen molar-refractivity contribution in [3.63, 3.8) is 0 Å². The first-order valence-electron chi connectivity index (χ1n) is 18.0. The molecule has 54 heavy (non-hydrogen) atoms. The van der Waals surface area contributed by atoms with Crippen LogP contribution in [-0.2, 0) is 0 Å². The molecule has 0 amide bonds. The summed E-state index contributed by atoms with van der Waals surface area (Å²) in [7, 11) is 0. The zero-order valence-corrected chi connectivity index (χ0v) is 31.4. The van der Waals surface area contributed by atoms with Crippen LogP contribution in [0.5, 0.6) is 0 Å². The Kier molecular flexibility index (Phi) is 7.44. The average molecular weight is 743 g/mol. The molecule has 2 nitrogen and oxygen atoms in total. The molecule has 3 heterocycles. The van der Waals surface area contributed by atoms with Crippen LogP contribution in [0, 0.1) is 0 Å². The van der Waals surface area contributed by atoms with Gasteiger partial charge in [-0.2, -0.15) is 0 Å². The zero-order chi connectivity index (χ0) is 35.6. The fourth-order valence-corrected chi connectivity index (χ4v) is 10.9. The maximum Gasteiger partial charge on any atom is 0.124 e. The lowest BCUT2D eigenvalue weighted by Gasteiger charge is -2.26. The molecule has 0 bridgehead atoms. The van der Waals surface area contributed by atoms with E-state index in [2.05, 4.69) is 187 Å². The third kappa shape index (κ3) is 5.40. The second-order valence-corrected chi connectivity index (χ2v) is 16.8. The molecule has 0 atom stereocenters. The number of benzene rings is 8. The molecule has 8 aromatic carbocycles. The van der Waals surface area contributed by atoms with Crippen LogP contribution in [0.1, 0.15) is 0 Å². The maximum absolute atomic E-state index is 5.00. The van der Waals surface area contributed by atoms with Crippen molar-refractivity contribution in [1.29, 1.82) is 0 Å². The number of thiophene rings is 2. The molecule has 11 aromatic rings. The van der Waals surface area contributed by atoms with Gasteiger partial charge in [0.1, 0.15) is 5.01 Å². The van der Waals surface area contributed by atoms with E-state index in [0.29, 0.717) is 0 Å². The first-order valence-corrected chi connectivity index (χ1v) is 20.5. The molecule has 3 aromatic heterocycles. The average Bonchev–Trinajstić information content (AvgIpc) is 3.93. The van der Waals surface area contributed by atoms with Crippen LogP contribution in [0.4, 0.5) is 17.1 Å². The summed E-state index contributed by atoms with van der Waals surface area (Å²) < 4.78 is 6.42. The Bertz CT molecular complexity index is 3140. The third-order valence-corrected chi connectivity index (χ3v) is 13.6. The summed E-state index contributed by atoms with van der Waals surface area (Å²) in [6.45, 7) is 0. The number of hydrogen-bond acceptors (Lipinski definition) is 5. The molecule has 0 fully saturated rings. The maximum atomic E-state index is 5.00. The van der Waals surface area contributed by atoms with Crippen LogP contribution in [0.3, 0.4) is 0 Å². The van der Waals surface area contributed by atoms with Crippen LogP contribution >= 0.6 is 34.0 Å². The Labute approximate surface area is 324 Å². The number of hydrogen-bond donors (Lipinski definition) is 0. The normalized spacial score (nSPS) is 11.7. The number of rotatable bonds is 6. The molecular formula is C49H30N2S3. The van der Waals surface area contributed by atoms with E-state index in [1.165, 1.54) is 72.9 Å². The fraction of sp³-hybridized carbons (Fsp3) is 0. The molecule has 11 rings (SSSR count). The molecule has 5 heteroatoms. The van der Waals surface area contributed by atoms with E-state index in [-0.39, 0.29) is 0 Å². The van der Waals surface area contributed by atoms with Crippen molar-refractivity contribution in [1.82, 2.24) is 4.98 Å². The lowest BCUT2D eigenvalue weighted by atomic mass is 10.0. The SMILES string of the molecule is c1ccc(-c2ccc(N(c3ccc(-c4ccc5c(c4)sc4cc6nc(-c7ccccc7)sc6cc45)cc3)c3ccc4sc5ccccc5c4c3)cc2)cc1. The summed E-state index contributed by atoms with van der Waals surface area (Å²) >= 11 is 5.48. The number of thiazole rings is 1. The van der Waals surface area contributed by atoms with Crippen molar-refractivity contribution >= 4 is 102 Å². The number of aromatic nitrogens is 1. The minimum absolute atomic E-state index is 1.07. The Hall–Kier alpha value is -6.11. The van der Waals surface area contributed by atoms with Crippen LogP contribution in [-0.4, -0.2) is 4.98 Å². The van der Waals surface area contributed by atoms with Gasteiger partial charge in [0.2, 0.25) is 0 Å². The van der Waals surface area contributed by atoms with Crippen LogP contribution in [0.2, 0.25) is 0 Å². The molecule has 0 radical (unpaired) electrons. The van der Waals surface area contributed by atoms with Gasteiger partial charge in [0.15, 0.2) is 0 Å². The molecule has 0 saturated heterocycles. The topological polar surface area (TPSA) is 16.1 Å². The predicted molar refractivity (Wildman–Crippen MR) is 236 cm³/mol. The minimum atomic E-state index is 1.07. The molecule has 0 spiro atoms. The number of anilines is 3. The van der Waals surface area contributed by atoms with Crippen LogP contribution in [0.15, 0.2) is 182 Å². The fourth-order valence-electron chi connectivity index (χ4n) is 7.62. The van der Waals surface area contributed by atoms with Crippen molar-refractivity contribution in [2.75, 3.05) is 4.90 Å². The number of nitrogens with zero attached hydrogens (tertiary/aromatic N) is 2. The van der Waals surface area contributed by atoms with Gasteiger partial charge >= 0.3 is 0 Å². The minimum Gasteiger partial charge on any atom is -0.310 e. The summed E-state index contributed by atoms with van der Waals surface area (Å²) in [5.41, 5.74) is 10.5. The standard InChI is InChI=1S/C49H30N2S3/c1-3-9-31(10-4-1)32-15-20-36(21-16-32)51(38-24-26-45-41(28-38)39-13-7-8-14-44(39)52-45)37-22-17-33(18-23-37)35-19-25-40-42-29-48-43(30-47(42)53-46(40)27-35)50-49(54-48)34-11-5-2-6-12-34/h1-30H. The lowest BCUT2D eigenvalue weighted by molar-refractivity contribution is 1.29. The van der Waals surface area contributed by atoms with E-state index in [1.807, 2.05) is 22.7 Å². The van der Waals surface area contributed by atoms with Crippen LogP contribution < -0.4 is 4.90 Å². The van der Waals surface area contributed by atoms with Gasteiger partial charge in [0, 0.05) is 63.0 Å². The molecule has 0 N–H and O–H groups in total. The molecular weight excluding hydrogens is 713 g/mol. The zero-order valence-electron chi connectivity index (χ0n) is 28.9. The van der Waals surface area contributed by atoms with E-state index < -0.39 is 0 Å². The quantitative estimate of drug-likeness (QED) is 0.169. The Morgan fingerprint density at radius 1 is 0.315 bits per heavy atom. The summed E-state index contributed by atoms with van der Waals surface area (Å²) in [5.74, 6) is 0. The third-order valence-electron chi connectivity index (χ3n) is 10.3. The highest BCUT2D eigenvalue weighted by Crippen LogP contribution is 2.43. The molecule has 0 aliphatic heterocycles. The second-order valence-electron chi connectivity index (χ2n) is 13.6. The second kappa shape index (κ2) is 12.8. The molecule has 0 unspecified atom stereocenters. The highest BCUT2D eigenvalue weighted by atomic mass is 32.1. The predicted octanol–water partition coefficient (Wildman–Crippen LogP) is 15.5. The first kappa shape index (κ1) is 31.4. The van der Waals surface area contributed by atoms with Gasteiger partial charge in [-0.1, -0.05) is 115 Å². The van der Waals surface area contributed by atoms with Crippen molar-refractivity contribution in [3.05, 3.63) is 182 Å². The highest BCUT2D eigenvalue weighted by Gasteiger charge is 2.17. The molecule has 0 aliphatic rings. The van der Waals surface area contributed by atoms with E-state index in [4.69, 9.17) is 4.98 Å². The van der Waals surface area contributed by atoms with Crippen LogP contribution in [0.25, 0.3) is 83.4 Å². The largest absolute Gasteiger partial charge is 0.310 e. The lowest BCUT2D eigenvalue weighted by Crippen LogP contribution is -2.09. The van der Waals surface area contributed by atoms with Gasteiger partial charge in [0.25, 0.3) is 0 Å². The van der Waals surface area contributed by atoms with Gasteiger partial charge in [-0.3, -0.25) is 0 Å². The van der Waals surface area contributed by atoms with Gasteiger partial charge in [-0.05, 0) is 89.0 Å². The summed E-state index contributed by atoms with van der Waals surface area (Å²) in [6.07, 6.45) is 0. The van der Waals surface area contributed by atoms with E-state index in [1.54, 1.807) is 11.3 Å². The Morgan fingerprint density at radius 3 is 1.61 bits per heavy atom. The van der Waals surface area contributed by atoms with E-state index >= 15 is 0 Å². The van der Waals surface area contributed by atoms with Gasteiger partial charge in [-0.25, -0.2) is 4.98 Å².